The van der Waals surface area contributed by atoms with Crippen LogP contribution in [0.2, 0.25) is 0 Å². The molecule has 0 spiro atoms. The van der Waals surface area contributed by atoms with Gasteiger partial charge in [0.2, 0.25) is 0 Å². The predicted molar refractivity (Wildman–Crippen MR) is 98.6 cm³/mol. The Bertz CT molecular complexity index is 1010. The first-order chi connectivity index (χ1) is 12.6. The van der Waals surface area contributed by atoms with Gasteiger partial charge in [0.25, 0.3) is 0 Å². The highest BCUT2D eigenvalue weighted by molar-refractivity contribution is 8.01. The molecule has 0 aliphatic carbocycles. The number of methoxy groups -OCH3 is 1. The Morgan fingerprint density at radius 1 is 1.23 bits per heavy atom. The lowest BCUT2D eigenvalue weighted by Crippen LogP contribution is -2.19. The number of carbonyl (C=O) groups is 1. The second-order valence-electron chi connectivity index (χ2n) is 5.98. The fraction of sp³-hybridized carbons (Fsp3) is 0.200. The summed E-state index contributed by atoms with van der Waals surface area (Å²) in [6, 6.07) is 14.5. The summed E-state index contributed by atoms with van der Waals surface area (Å²) in [7, 11) is 1.54. The molecule has 0 bridgehead atoms. The molecule has 5 nitrogen and oxygen atoms in total. The Kier molecular flexibility index (Phi) is 4.42. The van der Waals surface area contributed by atoms with Gasteiger partial charge in [0.05, 0.1) is 7.11 Å². The van der Waals surface area contributed by atoms with Gasteiger partial charge in [-0.1, -0.05) is 18.2 Å². The Balaban J connectivity index is 1.51. The van der Waals surface area contributed by atoms with E-state index in [1.165, 1.54) is 17.8 Å². The number of ether oxygens (including phenoxy) is 2. The van der Waals surface area contributed by atoms with Crippen molar-refractivity contribution in [2.24, 2.45) is 0 Å². The van der Waals surface area contributed by atoms with Gasteiger partial charge in [-0.15, -0.1) is 11.8 Å². The van der Waals surface area contributed by atoms with Crippen molar-refractivity contribution < 1.29 is 18.7 Å². The first kappa shape index (κ1) is 16.7. The number of benzene rings is 2. The van der Waals surface area contributed by atoms with E-state index in [1.54, 1.807) is 25.3 Å². The maximum absolute atomic E-state index is 12.4. The molecule has 0 fully saturated rings. The Hall–Kier alpha value is -2.73. The highest BCUT2D eigenvalue weighted by Crippen LogP contribution is 2.37. The summed E-state index contributed by atoms with van der Waals surface area (Å²) in [5.74, 6) is 0.316. The molecule has 0 unspecified atom stereocenters. The minimum Gasteiger partial charge on any atom is -0.497 e. The van der Waals surface area contributed by atoms with E-state index in [2.05, 4.69) is 0 Å². The van der Waals surface area contributed by atoms with Gasteiger partial charge >= 0.3 is 11.6 Å². The zero-order chi connectivity index (χ0) is 18.1. The third kappa shape index (κ3) is 3.20. The summed E-state index contributed by atoms with van der Waals surface area (Å²) < 4.78 is 15.9. The molecule has 0 saturated carbocycles. The van der Waals surface area contributed by atoms with Crippen molar-refractivity contribution in [2.75, 3.05) is 7.11 Å². The van der Waals surface area contributed by atoms with E-state index in [-0.39, 0.29) is 17.8 Å². The summed E-state index contributed by atoms with van der Waals surface area (Å²) in [6.07, 6.45) is 0.661. The first-order valence-electron chi connectivity index (χ1n) is 8.16. The van der Waals surface area contributed by atoms with Crippen LogP contribution in [0.5, 0.6) is 5.75 Å². The second-order valence-corrected chi connectivity index (χ2v) is 7.22. The molecule has 2 aromatic carbocycles. The lowest BCUT2D eigenvalue weighted by Gasteiger charge is -2.11. The van der Waals surface area contributed by atoms with Crippen molar-refractivity contribution in [3.05, 3.63) is 70.1 Å². The Morgan fingerprint density at radius 2 is 2.08 bits per heavy atom. The van der Waals surface area contributed by atoms with Crippen LogP contribution in [0.15, 0.2) is 62.6 Å². The van der Waals surface area contributed by atoms with Crippen molar-refractivity contribution in [3.8, 4) is 5.75 Å². The van der Waals surface area contributed by atoms with E-state index in [0.29, 0.717) is 23.3 Å². The van der Waals surface area contributed by atoms with E-state index in [0.717, 1.165) is 15.8 Å². The molecule has 1 aliphatic rings. The minimum absolute atomic E-state index is 0.0284. The van der Waals surface area contributed by atoms with Crippen LogP contribution in [0.1, 0.15) is 11.1 Å². The largest absolute Gasteiger partial charge is 0.497 e. The van der Waals surface area contributed by atoms with E-state index >= 15 is 0 Å². The van der Waals surface area contributed by atoms with Gasteiger partial charge in [-0.25, -0.2) is 4.79 Å². The quantitative estimate of drug-likeness (QED) is 0.518. The number of hydrogen-bond acceptors (Lipinski definition) is 6. The minimum atomic E-state index is -0.487. The Morgan fingerprint density at radius 3 is 2.88 bits per heavy atom. The molecule has 0 radical (unpaired) electrons. The fourth-order valence-electron chi connectivity index (χ4n) is 3.01. The van der Waals surface area contributed by atoms with Gasteiger partial charge in [-0.3, -0.25) is 4.79 Å². The number of carbonyl (C=O) groups excluding carboxylic acids is 1. The highest BCUT2D eigenvalue weighted by atomic mass is 32.2. The molecular weight excluding hydrogens is 352 g/mol. The van der Waals surface area contributed by atoms with Gasteiger partial charge < -0.3 is 13.9 Å². The van der Waals surface area contributed by atoms with E-state index in [9.17, 15) is 9.59 Å². The van der Waals surface area contributed by atoms with Crippen LogP contribution in [0.3, 0.4) is 0 Å². The van der Waals surface area contributed by atoms with E-state index in [1.807, 2.05) is 24.3 Å². The average Bonchev–Trinajstić information content (AvgIpc) is 3.09. The summed E-state index contributed by atoms with van der Waals surface area (Å²) in [5.41, 5.74) is 1.70. The lowest BCUT2D eigenvalue weighted by atomic mass is 10.1. The molecule has 0 amide bonds. The molecule has 132 valence electrons. The number of thioether (sulfide) groups is 1. The molecule has 0 saturated heterocycles. The van der Waals surface area contributed by atoms with Crippen molar-refractivity contribution in [1.82, 2.24) is 0 Å². The first-order valence-corrected chi connectivity index (χ1v) is 9.04. The van der Waals surface area contributed by atoms with Gasteiger partial charge in [-0.05, 0) is 30.2 Å². The second kappa shape index (κ2) is 6.88. The highest BCUT2D eigenvalue weighted by Gasteiger charge is 2.29. The van der Waals surface area contributed by atoms with Crippen LogP contribution in [0.25, 0.3) is 11.0 Å². The molecule has 0 N–H and O–H groups in total. The molecule has 3 aromatic rings. The third-order valence-corrected chi connectivity index (χ3v) is 5.61. The van der Waals surface area contributed by atoms with Gasteiger partial charge in [-0.2, -0.15) is 0 Å². The number of esters is 1. The standard InChI is InChI=1S/C20H16O5S/c1-23-14-6-7-15-13(9-19(21)25-16(15)10-14)11-24-20(22)18-8-12-4-2-3-5-17(12)26-18/h2-7,9-10,18H,8,11H2,1H3/t18-/m0/s1. The van der Waals surface area contributed by atoms with E-state index in [4.69, 9.17) is 13.9 Å². The summed E-state index contributed by atoms with van der Waals surface area (Å²) in [5, 5.41) is 0.472. The molecular formula is C20H16O5S. The van der Waals surface area contributed by atoms with Crippen molar-refractivity contribution in [2.45, 2.75) is 23.2 Å². The number of rotatable bonds is 4. The predicted octanol–water partition coefficient (Wildman–Crippen LogP) is 3.56. The fourth-order valence-corrected chi connectivity index (χ4v) is 4.21. The molecule has 1 aliphatic heterocycles. The molecule has 26 heavy (non-hydrogen) atoms. The maximum atomic E-state index is 12.4. The van der Waals surface area contributed by atoms with Gasteiger partial charge in [0.15, 0.2) is 0 Å². The van der Waals surface area contributed by atoms with Crippen LogP contribution in [0.4, 0.5) is 0 Å². The zero-order valence-corrected chi connectivity index (χ0v) is 14.9. The topological polar surface area (TPSA) is 65.7 Å². The SMILES string of the molecule is COc1ccc2c(COC(=O)[C@@H]3Cc4ccccc4S3)cc(=O)oc2c1. The van der Waals surface area contributed by atoms with Crippen LogP contribution in [0, 0.1) is 0 Å². The molecule has 1 aromatic heterocycles. The molecule has 6 heteroatoms. The van der Waals surface area contributed by atoms with Gasteiger partial charge in [0, 0.05) is 28.0 Å². The molecule has 2 heterocycles. The van der Waals surface area contributed by atoms with Crippen molar-refractivity contribution in [1.29, 1.82) is 0 Å². The number of hydrogen-bond donors (Lipinski definition) is 0. The van der Waals surface area contributed by atoms with Gasteiger partial charge in [0.1, 0.15) is 23.2 Å². The zero-order valence-electron chi connectivity index (χ0n) is 14.1. The molecule has 4 rings (SSSR count). The monoisotopic (exact) mass is 368 g/mol. The van der Waals surface area contributed by atoms with Crippen molar-refractivity contribution in [3.63, 3.8) is 0 Å². The van der Waals surface area contributed by atoms with Crippen molar-refractivity contribution >= 4 is 28.7 Å². The van der Waals surface area contributed by atoms with Crippen LogP contribution in [-0.4, -0.2) is 18.3 Å². The maximum Gasteiger partial charge on any atom is 0.336 e. The third-order valence-electron chi connectivity index (χ3n) is 4.32. The molecule has 1 atom stereocenters. The van der Waals surface area contributed by atoms with E-state index < -0.39 is 5.63 Å². The number of fused-ring (bicyclic) bond motifs is 2. The normalized spacial score (nSPS) is 15.7. The summed E-state index contributed by atoms with van der Waals surface area (Å²) in [6.45, 7) is 0.0284. The smallest absolute Gasteiger partial charge is 0.336 e. The Labute approximate surface area is 153 Å². The summed E-state index contributed by atoms with van der Waals surface area (Å²) in [4.78, 5) is 25.4. The lowest BCUT2D eigenvalue weighted by molar-refractivity contribution is -0.144. The van der Waals surface area contributed by atoms with Crippen LogP contribution >= 0.6 is 11.8 Å². The summed E-state index contributed by atoms with van der Waals surface area (Å²) >= 11 is 1.52. The average molecular weight is 368 g/mol. The van der Waals surface area contributed by atoms with Crippen LogP contribution in [-0.2, 0) is 22.6 Å². The van der Waals surface area contributed by atoms with Crippen LogP contribution < -0.4 is 10.4 Å².